The van der Waals surface area contributed by atoms with Crippen LogP contribution in [0.15, 0.2) is 33.9 Å². The average molecular weight is 362 g/mol. The van der Waals surface area contributed by atoms with Crippen LogP contribution in [-0.4, -0.2) is 14.5 Å². The van der Waals surface area contributed by atoms with Gasteiger partial charge in [0.25, 0.3) is 5.56 Å². The topological polar surface area (TPSA) is 47.8 Å². The largest absolute Gasteiger partial charge is 0.293 e. The zero-order valence-electron chi connectivity index (χ0n) is 11.2. The minimum absolute atomic E-state index is 0.0566. The van der Waals surface area contributed by atoms with Crippen molar-refractivity contribution in [1.29, 1.82) is 0 Å². The van der Waals surface area contributed by atoms with Gasteiger partial charge in [-0.05, 0) is 52.9 Å². The predicted molar refractivity (Wildman–Crippen MR) is 86.9 cm³/mol. The van der Waals surface area contributed by atoms with Gasteiger partial charge in [0.05, 0.1) is 24.0 Å². The van der Waals surface area contributed by atoms with Crippen molar-refractivity contribution in [2.75, 3.05) is 0 Å². The van der Waals surface area contributed by atoms with E-state index >= 15 is 0 Å². The van der Waals surface area contributed by atoms with Crippen LogP contribution >= 0.6 is 27.3 Å². The molecule has 0 fully saturated rings. The summed E-state index contributed by atoms with van der Waals surface area (Å²) in [7, 11) is 0. The van der Waals surface area contributed by atoms with Crippen molar-refractivity contribution in [1.82, 2.24) is 14.5 Å². The van der Waals surface area contributed by atoms with Gasteiger partial charge >= 0.3 is 0 Å². The van der Waals surface area contributed by atoms with E-state index in [1.54, 1.807) is 22.2 Å². The van der Waals surface area contributed by atoms with Gasteiger partial charge in [0.2, 0.25) is 0 Å². The minimum Gasteiger partial charge on any atom is -0.293 e. The van der Waals surface area contributed by atoms with E-state index in [1.807, 2.05) is 18.2 Å². The van der Waals surface area contributed by atoms with Crippen LogP contribution in [0.1, 0.15) is 22.6 Å². The number of nitrogens with zero attached hydrogens (tertiary/aromatic N) is 3. The molecule has 0 bridgehead atoms. The molecule has 3 aromatic heterocycles. The highest BCUT2D eigenvalue weighted by atomic mass is 79.9. The Morgan fingerprint density at radius 3 is 3.10 bits per heavy atom. The van der Waals surface area contributed by atoms with Crippen LogP contribution in [0.4, 0.5) is 0 Å². The highest BCUT2D eigenvalue weighted by molar-refractivity contribution is 9.10. The fraction of sp³-hybridized carbons (Fsp3) is 0.267. The lowest BCUT2D eigenvalue weighted by atomic mass is 10.2. The monoisotopic (exact) mass is 361 g/mol. The van der Waals surface area contributed by atoms with Crippen LogP contribution in [0.2, 0.25) is 0 Å². The van der Waals surface area contributed by atoms with Crippen molar-refractivity contribution < 1.29 is 0 Å². The van der Waals surface area contributed by atoms with E-state index in [9.17, 15) is 4.79 Å². The van der Waals surface area contributed by atoms with Gasteiger partial charge in [0.1, 0.15) is 9.43 Å². The quantitative estimate of drug-likeness (QED) is 0.658. The molecule has 106 valence electrons. The van der Waals surface area contributed by atoms with Crippen LogP contribution in [-0.2, 0) is 19.4 Å². The molecular formula is C15H12BrN3OS. The molecule has 1 aliphatic carbocycles. The molecule has 21 heavy (non-hydrogen) atoms. The first-order valence-electron chi connectivity index (χ1n) is 6.83. The second kappa shape index (κ2) is 5.03. The van der Waals surface area contributed by atoms with Crippen LogP contribution in [0.3, 0.4) is 0 Å². The Kier molecular flexibility index (Phi) is 3.15. The van der Waals surface area contributed by atoms with Gasteiger partial charge < -0.3 is 0 Å². The van der Waals surface area contributed by atoms with Gasteiger partial charge in [-0.25, -0.2) is 9.97 Å². The second-order valence-electron chi connectivity index (χ2n) is 5.17. The highest BCUT2D eigenvalue weighted by Crippen LogP contribution is 2.34. The summed E-state index contributed by atoms with van der Waals surface area (Å²) in [6, 6.07) is 5.71. The Labute approximate surface area is 133 Å². The number of thiophene rings is 1. The molecule has 4 rings (SSSR count). The number of hydrogen-bond acceptors (Lipinski definition) is 4. The van der Waals surface area contributed by atoms with E-state index in [0.717, 1.165) is 39.8 Å². The number of hydrogen-bond donors (Lipinski definition) is 0. The number of fused-ring (bicyclic) bond motifs is 3. The maximum Gasteiger partial charge on any atom is 0.262 e. The molecule has 0 aliphatic heterocycles. The van der Waals surface area contributed by atoms with Gasteiger partial charge in [-0.2, -0.15) is 0 Å². The first-order chi connectivity index (χ1) is 10.2. The van der Waals surface area contributed by atoms with Crippen molar-refractivity contribution in [2.24, 2.45) is 0 Å². The van der Waals surface area contributed by atoms with Crippen molar-refractivity contribution in [3.05, 3.63) is 55.6 Å². The summed E-state index contributed by atoms with van der Waals surface area (Å²) in [6.07, 6.45) is 4.88. The summed E-state index contributed by atoms with van der Waals surface area (Å²) in [5.74, 6) is 0. The van der Waals surface area contributed by atoms with Gasteiger partial charge in [-0.15, -0.1) is 11.3 Å². The maximum atomic E-state index is 12.7. The molecule has 3 aromatic rings. The molecule has 0 atom stereocenters. The number of aryl methyl sites for hydroxylation is 2. The maximum absolute atomic E-state index is 12.7. The molecule has 0 spiro atoms. The van der Waals surface area contributed by atoms with Crippen LogP contribution in [0.25, 0.3) is 10.2 Å². The number of aromatic nitrogens is 3. The molecule has 0 aromatic carbocycles. The van der Waals surface area contributed by atoms with Gasteiger partial charge in [0, 0.05) is 4.88 Å². The molecule has 1 aliphatic rings. The molecule has 0 N–H and O–H groups in total. The number of halogens is 1. The van der Waals surface area contributed by atoms with E-state index in [4.69, 9.17) is 0 Å². The smallest absolute Gasteiger partial charge is 0.262 e. The Balaban J connectivity index is 1.83. The summed E-state index contributed by atoms with van der Waals surface area (Å²) in [4.78, 5) is 23.8. The molecule has 0 unspecified atom stereocenters. The Morgan fingerprint density at radius 2 is 2.24 bits per heavy atom. The summed E-state index contributed by atoms with van der Waals surface area (Å²) in [5.41, 5.74) is 2.13. The predicted octanol–water partition coefficient (Wildman–Crippen LogP) is 3.15. The summed E-state index contributed by atoms with van der Waals surface area (Å²) >= 11 is 5.03. The number of rotatable bonds is 2. The summed E-state index contributed by atoms with van der Waals surface area (Å²) in [6.45, 7) is 0.450. The average Bonchev–Trinajstić information content (AvgIpc) is 3.02. The van der Waals surface area contributed by atoms with Crippen molar-refractivity contribution in [3.63, 3.8) is 0 Å². The molecular weight excluding hydrogens is 350 g/mol. The zero-order valence-corrected chi connectivity index (χ0v) is 13.6. The first kappa shape index (κ1) is 13.2. The molecule has 0 amide bonds. The van der Waals surface area contributed by atoms with Gasteiger partial charge in [0.15, 0.2) is 0 Å². The minimum atomic E-state index is 0.0566. The fourth-order valence-corrected chi connectivity index (χ4v) is 4.44. The molecule has 6 heteroatoms. The second-order valence-corrected chi connectivity index (χ2v) is 7.06. The summed E-state index contributed by atoms with van der Waals surface area (Å²) in [5, 5.41) is 0.824. The third-order valence-corrected chi connectivity index (χ3v) is 5.44. The summed E-state index contributed by atoms with van der Waals surface area (Å²) < 4.78 is 2.43. The van der Waals surface area contributed by atoms with Crippen molar-refractivity contribution in [3.8, 4) is 0 Å². The lowest BCUT2D eigenvalue weighted by Crippen LogP contribution is -2.21. The molecule has 4 nitrogen and oxygen atoms in total. The van der Waals surface area contributed by atoms with E-state index in [-0.39, 0.29) is 5.56 Å². The van der Waals surface area contributed by atoms with E-state index in [0.29, 0.717) is 6.54 Å². The zero-order chi connectivity index (χ0) is 14.4. The van der Waals surface area contributed by atoms with E-state index in [2.05, 4.69) is 25.9 Å². The lowest BCUT2D eigenvalue weighted by molar-refractivity contribution is 0.728. The Hall–Kier alpha value is -1.53. The Morgan fingerprint density at radius 1 is 1.33 bits per heavy atom. The normalized spacial score (nSPS) is 13.8. The standard InChI is InChI=1S/C15H12BrN3OS/c16-12-6-1-3-9(18-12)7-19-8-17-14-13(15(19)20)10-4-2-5-11(10)21-14/h1,3,6,8H,2,4-5,7H2. The van der Waals surface area contributed by atoms with Crippen molar-refractivity contribution >= 4 is 37.5 Å². The number of pyridine rings is 1. The molecule has 0 radical (unpaired) electrons. The molecule has 0 saturated carbocycles. The van der Waals surface area contributed by atoms with E-state index in [1.165, 1.54) is 10.4 Å². The molecule has 0 saturated heterocycles. The van der Waals surface area contributed by atoms with Gasteiger partial charge in [-0.3, -0.25) is 9.36 Å². The lowest BCUT2D eigenvalue weighted by Gasteiger charge is -2.05. The van der Waals surface area contributed by atoms with E-state index < -0.39 is 0 Å². The van der Waals surface area contributed by atoms with Gasteiger partial charge in [-0.1, -0.05) is 6.07 Å². The third-order valence-electron chi connectivity index (χ3n) is 3.80. The third kappa shape index (κ3) is 2.22. The highest BCUT2D eigenvalue weighted by Gasteiger charge is 2.21. The Bertz CT molecular complexity index is 900. The fourth-order valence-electron chi connectivity index (χ4n) is 2.85. The van der Waals surface area contributed by atoms with Crippen LogP contribution < -0.4 is 5.56 Å². The first-order valence-corrected chi connectivity index (χ1v) is 8.44. The SMILES string of the molecule is O=c1c2c3c(sc2ncn1Cc1cccc(Br)n1)CCC3. The van der Waals surface area contributed by atoms with Crippen molar-refractivity contribution in [2.45, 2.75) is 25.8 Å². The van der Waals surface area contributed by atoms with Crippen LogP contribution in [0.5, 0.6) is 0 Å². The van der Waals surface area contributed by atoms with Crippen LogP contribution in [0, 0.1) is 0 Å². The molecule has 3 heterocycles.